The summed E-state index contributed by atoms with van der Waals surface area (Å²) in [5.74, 6) is -0.756. The number of allylic oxidation sites excluding steroid dienone is 1. The molecule has 3 aliphatic rings. The van der Waals surface area contributed by atoms with E-state index in [-0.39, 0.29) is 33.8 Å². The second-order valence-corrected chi connectivity index (χ2v) is 11.8. The maximum atomic E-state index is 15.5. The number of nitrogens with one attached hydrogen (secondary N) is 2. The summed E-state index contributed by atoms with van der Waals surface area (Å²) < 4.78 is 34.1. The largest absolute Gasteiger partial charge is 0.359 e. The van der Waals surface area contributed by atoms with Crippen LogP contribution < -0.4 is 10.9 Å². The molecule has 2 aromatic carbocycles. The molecule has 1 saturated carbocycles. The molecule has 1 fully saturated rings. The molecule has 3 unspecified atom stereocenters. The number of H-pyrrole nitrogens is 1. The minimum absolute atomic E-state index is 0.0721. The number of hydrogen-bond acceptors (Lipinski definition) is 5. The van der Waals surface area contributed by atoms with Crippen LogP contribution in [0.2, 0.25) is 10.2 Å². The quantitative estimate of drug-likeness (QED) is 0.240. The molecule has 8 nitrogen and oxygen atoms in total. The molecule has 1 aliphatic carbocycles. The maximum absolute atomic E-state index is 15.5. The van der Waals surface area contributed by atoms with Crippen LogP contribution in [-0.2, 0) is 6.42 Å². The Kier molecular flexibility index (Phi) is 5.52. The summed E-state index contributed by atoms with van der Waals surface area (Å²) in [4.78, 5) is 20.9. The molecule has 0 radical (unpaired) electrons. The second kappa shape index (κ2) is 9.11. The third-order valence-corrected chi connectivity index (χ3v) is 8.84. The van der Waals surface area contributed by atoms with Crippen molar-refractivity contribution in [3.8, 4) is 28.1 Å². The number of benzene rings is 2. The van der Waals surface area contributed by atoms with E-state index in [0.717, 1.165) is 17.8 Å². The first-order valence-electron chi connectivity index (χ1n) is 13.4. The molecule has 5 aromatic rings. The Morgan fingerprint density at radius 2 is 1.90 bits per heavy atom. The molecule has 0 saturated heterocycles. The number of pyridine rings is 1. The van der Waals surface area contributed by atoms with Gasteiger partial charge in [-0.3, -0.25) is 4.79 Å². The van der Waals surface area contributed by atoms with Gasteiger partial charge >= 0.3 is 0 Å². The van der Waals surface area contributed by atoms with Gasteiger partial charge in [-0.05, 0) is 67.1 Å². The fourth-order valence-corrected chi connectivity index (χ4v) is 6.74. The van der Waals surface area contributed by atoms with Crippen LogP contribution in [0, 0.1) is 17.7 Å². The smallest absolute Gasteiger partial charge is 0.252 e. The number of aromatic amines is 1. The van der Waals surface area contributed by atoms with Crippen molar-refractivity contribution in [3.05, 3.63) is 110 Å². The molecule has 0 bridgehead atoms. The van der Waals surface area contributed by atoms with Gasteiger partial charge in [0.05, 0.1) is 17.9 Å². The lowest BCUT2D eigenvalue weighted by Crippen LogP contribution is -2.26. The molecule has 0 amide bonds. The average Bonchev–Trinajstić information content (AvgIpc) is 3.28. The lowest BCUT2D eigenvalue weighted by Gasteiger charge is -2.21. The number of hydrogen-bond donors (Lipinski definition) is 2. The Morgan fingerprint density at radius 1 is 1.05 bits per heavy atom. The van der Waals surface area contributed by atoms with Gasteiger partial charge < -0.3 is 14.9 Å². The third kappa shape index (κ3) is 3.85. The lowest BCUT2D eigenvalue weighted by atomic mass is 9.97. The van der Waals surface area contributed by atoms with Gasteiger partial charge in [0.25, 0.3) is 5.56 Å². The molecule has 2 aliphatic heterocycles. The van der Waals surface area contributed by atoms with Crippen molar-refractivity contribution in [2.24, 2.45) is 5.92 Å². The Balaban J connectivity index is 1.20. The highest BCUT2D eigenvalue weighted by Crippen LogP contribution is 2.60. The van der Waals surface area contributed by atoms with E-state index in [1.165, 1.54) is 16.8 Å². The Labute approximate surface area is 247 Å². The topological polar surface area (TPSA) is 93.4 Å². The van der Waals surface area contributed by atoms with Gasteiger partial charge in [-0.25, -0.2) is 14.1 Å². The van der Waals surface area contributed by atoms with E-state index in [4.69, 9.17) is 23.2 Å². The molecule has 42 heavy (non-hydrogen) atoms. The number of fused-ring (bicyclic) bond motifs is 4. The molecule has 12 heteroatoms. The Hall–Kier alpha value is -4.28. The molecule has 3 aromatic heterocycles. The molecular weight excluding hydrogens is 583 g/mol. The summed E-state index contributed by atoms with van der Waals surface area (Å²) >= 11 is 12.3. The first-order chi connectivity index (χ1) is 20.3. The van der Waals surface area contributed by atoms with Crippen LogP contribution in [0.5, 0.6) is 0 Å². The summed E-state index contributed by atoms with van der Waals surface area (Å²) in [7, 11) is 0. The van der Waals surface area contributed by atoms with Gasteiger partial charge in [-0.15, -0.1) is 5.10 Å². The molecular formula is C30H21Cl2F2N7O. The zero-order valence-corrected chi connectivity index (χ0v) is 23.3. The zero-order chi connectivity index (χ0) is 28.9. The minimum Gasteiger partial charge on any atom is -0.359 e. The SMILES string of the molecule is C=C1CCc2c(ccc(-c3nc(C4C5CC5c5cc(-c6cc(Cl)ccc6-n6cc(Cl)nn6)cc(=O)n54)[nH]c3F)c2F)N1. The summed E-state index contributed by atoms with van der Waals surface area (Å²) in [6.07, 6.45) is 3.46. The summed E-state index contributed by atoms with van der Waals surface area (Å²) in [6, 6.07) is 11.5. The number of aromatic nitrogens is 6. The van der Waals surface area contributed by atoms with E-state index in [0.29, 0.717) is 51.8 Å². The minimum atomic E-state index is -0.734. The van der Waals surface area contributed by atoms with Crippen LogP contribution in [0.25, 0.3) is 28.1 Å². The number of anilines is 1. The lowest BCUT2D eigenvalue weighted by molar-refractivity contribution is 0.504. The highest BCUT2D eigenvalue weighted by atomic mass is 35.5. The number of rotatable bonds is 4. The molecule has 0 spiro atoms. The Morgan fingerprint density at radius 3 is 2.71 bits per heavy atom. The van der Waals surface area contributed by atoms with E-state index in [2.05, 4.69) is 32.2 Å². The standard InChI is InChI=1S/C30H21Cl2F2N7O/c1-13-2-4-16-21(35-13)6-5-17(26(16)33)27-29(34)37-30(36-27)28-20-11-19(20)23-8-14(9-25(42)41(23)28)18-10-15(31)3-7-22(18)40-12-24(32)38-39-40/h3,5-10,12,19-20,28,35H,1-2,4,11H2,(H,36,37). The maximum Gasteiger partial charge on any atom is 0.252 e. The summed E-state index contributed by atoms with van der Waals surface area (Å²) in [6.45, 7) is 3.91. The first kappa shape index (κ1) is 25.4. The summed E-state index contributed by atoms with van der Waals surface area (Å²) in [5.41, 5.74) is 4.50. The fraction of sp³-hybridized carbons (Fsp3) is 0.200. The van der Waals surface area contributed by atoms with Crippen molar-refractivity contribution >= 4 is 28.9 Å². The van der Waals surface area contributed by atoms with E-state index in [1.807, 2.05) is 6.07 Å². The van der Waals surface area contributed by atoms with Crippen LogP contribution in [0.15, 0.2) is 65.7 Å². The van der Waals surface area contributed by atoms with Crippen LogP contribution in [-0.4, -0.2) is 29.5 Å². The Bertz CT molecular complexity index is 2030. The highest BCUT2D eigenvalue weighted by Gasteiger charge is 2.54. The van der Waals surface area contributed by atoms with E-state index in [9.17, 15) is 4.79 Å². The second-order valence-electron chi connectivity index (χ2n) is 10.9. The van der Waals surface area contributed by atoms with Gasteiger partial charge in [0, 0.05) is 50.8 Å². The normalized spacial score (nSPS) is 20.2. The van der Waals surface area contributed by atoms with Gasteiger partial charge in [-0.2, -0.15) is 4.39 Å². The van der Waals surface area contributed by atoms with E-state index in [1.54, 1.807) is 35.0 Å². The van der Waals surface area contributed by atoms with Crippen molar-refractivity contribution in [2.75, 3.05) is 5.32 Å². The van der Waals surface area contributed by atoms with Crippen molar-refractivity contribution in [1.29, 1.82) is 0 Å². The summed E-state index contributed by atoms with van der Waals surface area (Å²) in [5, 5.41) is 11.7. The van der Waals surface area contributed by atoms with Gasteiger partial charge in [0.1, 0.15) is 17.3 Å². The molecule has 3 atom stereocenters. The number of imidazole rings is 1. The van der Waals surface area contributed by atoms with Crippen LogP contribution >= 0.6 is 23.2 Å². The van der Waals surface area contributed by atoms with E-state index >= 15 is 8.78 Å². The molecule has 8 rings (SSSR count). The van der Waals surface area contributed by atoms with Gasteiger partial charge in [0.15, 0.2) is 5.15 Å². The van der Waals surface area contributed by atoms with Crippen molar-refractivity contribution in [1.82, 2.24) is 29.5 Å². The van der Waals surface area contributed by atoms with E-state index < -0.39 is 17.8 Å². The van der Waals surface area contributed by atoms with Crippen molar-refractivity contribution in [3.63, 3.8) is 0 Å². The van der Waals surface area contributed by atoms with Crippen molar-refractivity contribution in [2.45, 2.75) is 31.2 Å². The predicted octanol–water partition coefficient (Wildman–Crippen LogP) is 6.65. The number of nitrogens with zero attached hydrogens (tertiary/aromatic N) is 5. The van der Waals surface area contributed by atoms with Crippen LogP contribution in [0.1, 0.15) is 41.9 Å². The molecule has 210 valence electrons. The monoisotopic (exact) mass is 603 g/mol. The highest BCUT2D eigenvalue weighted by molar-refractivity contribution is 6.31. The molecule has 2 N–H and O–H groups in total. The molecule has 5 heterocycles. The first-order valence-corrected chi connectivity index (χ1v) is 14.2. The third-order valence-electron chi connectivity index (χ3n) is 8.43. The fourth-order valence-electron chi connectivity index (χ4n) is 6.44. The average molecular weight is 604 g/mol. The van der Waals surface area contributed by atoms with Crippen LogP contribution in [0.4, 0.5) is 14.5 Å². The van der Waals surface area contributed by atoms with Gasteiger partial charge in [-0.1, -0.05) is 35.0 Å². The number of halogens is 4. The van der Waals surface area contributed by atoms with Gasteiger partial charge in [0.2, 0.25) is 5.95 Å². The predicted molar refractivity (Wildman–Crippen MR) is 155 cm³/mol. The van der Waals surface area contributed by atoms with Crippen molar-refractivity contribution < 1.29 is 8.78 Å². The zero-order valence-electron chi connectivity index (χ0n) is 21.8. The van der Waals surface area contributed by atoms with Crippen LogP contribution in [0.3, 0.4) is 0 Å².